The quantitative estimate of drug-likeness (QED) is 0.165. The average Bonchev–Trinajstić information content (AvgIpc) is 3.46. The lowest BCUT2D eigenvalue weighted by atomic mass is 9.95. The number of carbonyl (C=O) groups excluding carboxylic acids is 3. The minimum atomic E-state index is -0.895. The number of rotatable bonds is 6. The van der Waals surface area contributed by atoms with Crippen molar-refractivity contribution in [1.82, 2.24) is 4.98 Å². The number of aliphatic hydroxyl groups excluding tert-OH is 1. The number of methoxy groups -OCH3 is 1. The molecule has 1 saturated heterocycles. The first-order chi connectivity index (χ1) is 17.9. The standard InChI is InChI=1S/C28H22N2O6S/c1-3-36-27(34)18-11-14-20-21(15-18)37-28(29-20)30-23(16-7-5-4-6-8-16)22(25(32)26(30)33)24(31)17-9-12-19(35-2)13-10-17/h4-15,23,31H,3H2,1-2H3/b24-22-. The van der Waals surface area contributed by atoms with Crippen molar-refractivity contribution in [2.24, 2.45) is 0 Å². The Kier molecular flexibility index (Phi) is 6.45. The minimum absolute atomic E-state index is 0.0344. The van der Waals surface area contributed by atoms with Gasteiger partial charge in [0.05, 0.1) is 41.1 Å². The van der Waals surface area contributed by atoms with Gasteiger partial charge in [-0.2, -0.15) is 0 Å². The van der Waals surface area contributed by atoms with Crippen LogP contribution in [0.4, 0.5) is 5.13 Å². The molecule has 8 nitrogen and oxygen atoms in total. The van der Waals surface area contributed by atoms with E-state index in [2.05, 4.69) is 4.98 Å². The number of aromatic nitrogens is 1. The van der Waals surface area contributed by atoms with Crippen molar-refractivity contribution in [3.8, 4) is 5.75 Å². The minimum Gasteiger partial charge on any atom is -0.507 e. The van der Waals surface area contributed by atoms with Gasteiger partial charge in [-0.15, -0.1) is 0 Å². The summed E-state index contributed by atoms with van der Waals surface area (Å²) in [6.45, 7) is 1.98. The van der Waals surface area contributed by atoms with E-state index in [0.29, 0.717) is 32.7 Å². The highest BCUT2D eigenvalue weighted by Gasteiger charge is 2.48. The summed E-state index contributed by atoms with van der Waals surface area (Å²) in [6.07, 6.45) is 0. The SMILES string of the molecule is CCOC(=O)c1ccc2nc(N3C(=O)C(=O)/C(=C(\O)c4ccc(OC)cc4)C3c3ccccc3)sc2c1. The van der Waals surface area contributed by atoms with Gasteiger partial charge in [0.1, 0.15) is 11.5 Å². The van der Waals surface area contributed by atoms with Crippen LogP contribution < -0.4 is 9.64 Å². The zero-order valence-electron chi connectivity index (χ0n) is 20.0. The second-order valence-corrected chi connectivity index (χ2v) is 9.22. The van der Waals surface area contributed by atoms with E-state index in [1.807, 2.05) is 6.07 Å². The molecular weight excluding hydrogens is 492 g/mol. The highest BCUT2D eigenvalue weighted by atomic mass is 32.1. The van der Waals surface area contributed by atoms with E-state index < -0.39 is 23.7 Å². The average molecular weight is 515 g/mol. The van der Waals surface area contributed by atoms with E-state index in [4.69, 9.17) is 9.47 Å². The first-order valence-corrected chi connectivity index (χ1v) is 12.3. The fraction of sp³-hybridized carbons (Fsp3) is 0.143. The Morgan fingerprint density at radius 2 is 1.73 bits per heavy atom. The lowest BCUT2D eigenvalue weighted by Gasteiger charge is -2.22. The van der Waals surface area contributed by atoms with Crippen LogP contribution in [0.2, 0.25) is 0 Å². The summed E-state index contributed by atoms with van der Waals surface area (Å²) in [5, 5.41) is 11.5. The van der Waals surface area contributed by atoms with Crippen LogP contribution in [0.25, 0.3) is 16.0 Å². The highest BCUT2D eigenvalue weighted by Crippen LogP contribution is 2.44. The summed E-state index contributed by atoms with van der Waals surface area (Å²) in [5.41, 5.74) is 1.92. The van der Waals surface area contributed by atoms with Crippen molar-refractivity contribution >= 4 is 50.1 Å². The van der Waals surface area contributed by atoms with Crippen LogP contribution >= 0.6 is 11.3 Å². The zero-order valence-corrected chi connectivity index (χ0v) is 20.8. The Balaban J connectivity index is 1.64. The van der Waals surface area contributed by atoms with Gasteiger partial charge in [0.25, 0.3) is 5.78 Å². The van der Waals surface area contributed by atoms with E-state index in [0.717, 1.165) is 0 Å². The number of fused-ring (bicyclic) bond motifs is 1. The molecule has 186 valence electrons. The number of ketones is 1. The van der Waals surface area contributed by atoms with Crippen molar-refractivity contribution in [2.45, 2.75) is 13.0 Å². The van der Waals surface area contributed by atoms with E-state index in [9.17, 15) is 19.5 Å². The maximum atomic E-state index is 13.4. The Morgan fingerprint density at radius 3 is 2.41 bits per heavy atom. The Morgan fingerprint density at radius 1 is 1.03 bits per heavy atom. The van der Waals surface area contributed by atoms with Gasteiger partial charge in [-0.05, 0) is 55.0 Å². The van der Waals surface area contributed by atoms with Gasteiger partial charge in [0.15, 0.2) is 5.13 Å². The number of aliphatic hydroxyl groups is 1. The van der Waals surface area contributed by atoms with Crippen molar-refractivity contribution in [2.75, 3.05) is 18.6 Å². The molecule has 2 heterocycles. The second-order valence-electron chi connectivity index (χ2n) is 8.21. The highest BCUT2D eigenvalue weighted by molar-refractivity contribution is 7.22. The number of anilines is 1. The molecule has 0 aliphatic carbocycles. The summed E-state index contributed by atoms with van der Waals surface area (Å²) in [5.74, 6) is -1.76. The van der Waals surface area contributed by atoms with E-state index >= 15 is 0 Å². The number of benzene rings is 3. The van der Waals surface area contributed by atoms with Crippen LogP contribution in [0.1, 0.15) is 34.5 Å². The molecule has 4 aromatic rings. The number of hydrogen-bond donors (Lipinski definition) is 1. The molecule has 1 aliphatic rings. The third-order valence-electron chi connectivity index (χ3n) is 6.02. The van der Waals surface area contributed by atoms with Gasteiger partial charge in [-0.1, -0.05) is 41.7 Å². The van der Waals surface area contributed by atoms with Crippen molar-refractivity contribution in [3.05, 3.63) is 95.1 Å². The number of hydrogen-bond acceptors (Lipinski definition) is 8. The molecule has 3 aromatic carbocycles. The monoisotopic (exact) mass is 514 g/mol. The summed E-state index contributed by atoms with van der Waals surface area (Å²) in [7, 11) is 1.53. The summed E-state index contributed by atoms with van der Waals surface area (Å²) >= 11 is 1.18. The van der Waals surface area contributed by atoms with Crippen molar-refractivity contribution in [1.29, 1.82) is 0 Å². The maximum absolute atomic E-state index is 13.4. The molecule has 1 fully saturated rings. The van der Waals surface area contributed by atoms with Crippen LogP contribution in [0.5, 0.6) is 5.75 Å². The van der Waals surface area contributed by atoms with E-state index in [1.165, 1.54) is 23.3 Å². The fourth-order valence-electron chi connectivity index (χ4n) is 4.24. The number of nitrogens with zero attached hydrogens (tertiary/aromatic N) is 2. The largest absolute Gasteiger partial charge is 0.507 e. The lowest BCUT2D eigenvalue weighted by Crippen LogP contribution is -2.29. The van der Waals surface area contributed by atoms with Crippen LogP contribution in [0.3, 0.4) is 0 Å². The number of thiazole rings is 1. The summed E-state index contributed by atoms with van der Waals surface area (Å²) in [6, 6.07) is 19.6. The molecule has 5 rings (SSSR count). The van der Waals surface area contributed by atoms with Crippen LogP contribution in [0, 0.1) is 0 Å². The Hall–Kier alpha value is -4.50. The predicted molar refractivity (Wildman–Crippen MR) is 140 cm³/mol. The van der Waals surface area contributed by atoms with Gasteiger partial charge >= 0.3 is 11.9 Å². The van der Waals surface area contributed by atoms with Crippen LogP contribution in [0.15, 0.2) is 78.4 Å². The number of esters is 1. The fourth-order valence-corrected chi connectivity index (χ4v) is 5.27. The predicted octanol–water partition coefficient (Wildman–Crippen LogP) is 5.11. The van der Waals surface area contributed by atoms with E-state index in [-0.39, 0.29) is 23.1 Å². The molecule has 1 unspecified atom stereocenters. The third-order valence-corrected chi connectivity index (χ3v) is 7.04. The summed E-state index contributed by atoms with van der Waals surface area (Å²) < 4.78 is 10.9. The Bertz CT molecular complexity index is 1540. The molecule has 1 atom stereocenters. The van der Waals surface area contributed by atoms with Crippen LogP contribution in [-0.4, -0.2) is 41.5 Å². The van der Waals surface area contributed by atoms with Gasteiger partial charge in [-0.3, -0.25) is 14.5 Å². The normalized spacial score (nSPS) is 16.8. The number of ether oxygens (including phenoxy) is 2. The van der Waals surface area contributed by atoms with Gasteiger partial charge in [0, 0.05) is 5.56 Å². The van der Waals surface area contributed by atoms with Crippen molar-refractivity contribution in [3.63, 3.8) is 0 Å². The molecule has 1 N–H and O–H groups in total. The first kappa shape index (κ1) is 24.2. The molecular formula is C28H22N2O6S. The van der Waals surface area contributed by atoms with Gasteiger partial charge in [-0.25, -0.2) is 9.78 Å². The molecule has 0 spiro atoms. The topological polar surface area (TPSA) is 106 Å². The molecule has 0 saturated carbocycles. The van der Waals surface area contributed by atoms with Crippen LogP contribution in [-0.2, 0) is 14.3 Å². The number of Topliss-reactive ketones (excluding diaryl/α,β-unsaturated/α-hetero) is 1. The number of amides is 1. The van der Waals surface area contributed by atoms with E-state index in [1.54, 1.807) is 73.7 Å². The molecule has 1 aliphatic heterocycles. The number of carbonyl (C=O) groups is 3. The van der Waals surface area contributed by atoms with Crippen molar-refractivity contribution < 1.29 is 29.0 Å². The third kappa shape index (κ3) is 4.34. The lowest BCUT2D eigenvalue weighted by molar-refractivity contribution is -0.132. The molecule has 1 amide bonds. The summed E-state index contributed by atoms with van der Waals surface area (Å²) in [4.78, 5) is 44.8. The van der Waals surface area contributed by atoms with Gasteiger partial charge < -0.3 is 14.6 Å². The molecule has 9 heteroatoms. The molecule has 1 aromatic heterocycles. The molecule has 0 radical (unpaired) electrons. The second kappa shape index (κ2) is 9.87. The zero-order chi connectivity index (χ0) is 26.1. The first-order valence-electron chi connectivity index (χ1n) is 11.5. The molecule has 37 heavy (non-hydrogen) atoms. The maximum Gasteiger partial charge on any atom is 0.338 e. The molecule has 0 bridgehead atoms. The van der Waals surface area contributed by atoms with Gasteiger partial charge in [0.2, 0.25) is 0 Å². The Labute approximate surface area is 216 Å². The smallest absolute Gasteiger partial charge is 0.338 e.